The molecule has 2 aliphatic rings. The van der Waals surface area contributed by atoms with E-state index in [0.717, 1.165) is 37.4 Å². The number of hydrogen-bond donors (Lipinski definition) is 3. The molecule has 3 amide bonds. The Kier molecular flexibility index (Phi) is 13.6. The van der Waals surface area contributed by atoms with Gasteiger partial charge in [-0.1, -0.05) is 23.7 Å². The minimum Gasteiger partial charge on any atom is -0.493 e. The Morgan fingerprint density at radius 3 is 2.12 bits per heavy atom. The lowest BCUT2D eigenvalue weighted by Crippen LogP contribution is -2.54. The average Bonchev–Trinajstić information content (AvgIpc) is 3.30. The van der Waals surface area contributed by atoms with E-state index >= 15 is 0 Å². The molecular formula is C28H40Cl3N5O5. The van der Waals surface area contributed by atoms with Crippen LogP contribution in [-0.2, 0) is 11.2 Å². The van der Waals surface area contributed by atoms with Crippen molar-refractivity contribution in [3.8, 4) is 17.2 Å². The lowest BCUT2D eigenvalue weighted by molar-refractivity contribution is -0.118. The van der Waals surface area contributed by atoms with Crippen LogP contribution in [0.25, 0.3) is 0 Å². The topological polar surface area (TPSA) is 118 Å². The largest absolute Gasteiger partial charge is 0.493 e. The highest BCUT2D eigenvalue weighted by atomic mass is 35.5. The van der Waals surface area contributed by atoms with Crippen molar-refractivity contribution >= 4 is 54.0 Å². The van der Waals surface area contributed by atoms with Crippen LogP contribution in [-0.4, -0.2) is 87.9 Å². The van der Waals surface area contributed by atoms with Crippen LogP contribution in [0, 0.1) is 5.92 Å². The zero-order chi connectivity index (χ0) is 27.9. The molecule has 2 heterocycles. The van der Waals surface area contributed by atoms with Gasteiger partial charge in [-0.2, -0.15) is 0 Å². The van der Waals surface area contributed by atoms with E-state index in [1.165, 1.54) is 26.9 Å². The normalized spacial score (nSPS) is 19.4. The first-order valence-electron chi connectivity index (χ1n) is 13.2. The van der Waals surface area contributed by atoms with Crippen molar-refractivity contribution in [2.45, 2.75) is 31.3 Å². The van der Waals surface area contributed by atoms with Crippen molar-refractivity contribution in [1.82, 2.24) is 15.1 Å². The molecule has 41 heavy (non-hydrogen) atoms. The van der Waals surface area contributed by atoms with Crippen molar-refractivity contribution in [3.63, 3.8) is 0 Å². The van der Waals surface area contributed by atoms with Crippen molar-refractivity contribution in [2.24, 2.45) is 11.7 Å². The highest BCUT2D eigenvalue weighted by Gasteiger charge is 2.39. The van der Waals surface area contributed by atoms with Crippen LogP contribution in [0.4, 0.5) is 10.5 Å². The van der Waals surface area contributed by atoms with Crippen molar-refractivity contribution < 1.29 is 23.8 Å². The smallest absolute Gasteiger partial charge is 0.319 e. The minimum atomic E-state index is -0.377. The molecular weight excluding hydrogens is 593 g/mol. The molecule has 0 aromatic heterocycles. The van der Waals surface area contributed by atoms with E-state index in [9.17, 15) is 9.59 Å². The van der Waals surface area contributed by atoms with Crippen molar-refractivity contribution in [1.29, 1.82) is 0 Å². The number of hydrogen-bond acceptors (Lipinski definition) is 7. The predicted octanol–water partition coefficient (Wildman–Crippen LogP) is 3.82. The number of amides is 3. The summed E-state index contributed by atoms with van der Waals surface area (Å²) in [5, 5.41) is 6.76. The van der Waals surface area contributed by atoms with Gasteiger partial charge in [0.2, 0.25) is 11.7 Å². The SMILES string of the molecule is COc1cc(NC(=O)N[C@H]2CN(CC(N)=O)C[C@@H]2N2CCC(Cc3ccc(Cl)cc3)CC2)cc(OC)c1OC.Cl.Cl. The number of nitrogens with one attached hydrogen (secondary N) is 2. The number of piperidine rings is 1. The Morgan fingerprint density at radius 2 is 1.59 bits per heavy atom. The van der Waals surface area contributed by atoms with Crippen LogP contribution in [0.3, 0.4) is 0 Å². The third kappa shape index (κ3) is 9.18. The molecule has 2 saturated heterocycles. The van der Waals surface area contributed by atoms with Gasteiger partial charge in [0, 0.05) is 36.3 Å². The number of ether oxygens (including phenoxy) is 3. The third-order valence-corrected chi connectivity index (χ3v) is 7.79. The van der Waals surface area contributed by atoms with Gasteiger partial charge in [0.25, 0.3) is 0 Å². The maximum absolute atomic E-state index is 13.1. The number of rotatable bonds is 10. The van der Waals surface area contributed by atoms with Gasteiger partial charge in [-0.3, -0.25) is 14.6 Å². The van der Waals surface area contributed by atoms with Crippen LogP contribution in [0.2, 0.25) is 5.02 Å². The van der Waals surface area contributed by atoms with Gasteiger partial charge < -0.3 is 30.6 Å². The number of methoxy groups -OCH3 is 3. The molecule has 0 bridgehead atoms. The summed E-state index contributed by atoms with van der Waals surface area (Å²) in [6, 6.07) is 11.0. The second-order valence-corrected chi connectivity index (χ2v) is 10.6. The van der Waals surface area contributed by atoms with E-state index in [-0.39, 0.29) is 55.4 Å². The number of primary amides is 1. The summed E-state index contributed by atoms with van der Waals surface area (Å²) in [4.78, 5) is 29.2. The molecule has 0 unspecified atom stereocenters. The molecule has 0 radical (unpaired) electrons. The first-order valence-corrected chi connectivity index (χ1v) is 13.5. The zero-order valence-electron chi connectivity index (χ0n) is 23.6. The fourth-order valence-electron chi connectivity index (χ4n) is 5.66. The molecule has 0 aliphatic carbocycles. The third-order valence-electron chi connectivity index (χ3n) is 7.54. The predicted molar refractivity (Wildman–Crippen MR) is 165 cm³/mol. The maximum Gasteiger partial charge on any atom is 0.319 e. The van der Waals surface area contributed by atoms with Gasteiger partial charge >= 0.3 is 6.03 Å². The highest BCUT2D eigenvalue weighted by molar-refractivity contribution is 6.30. The number of nitrogens with two attached hydrogens (primary N) is 1. The van der Waals surface area contributed by atoms with Crippen LogP contribution >= 0.6 is 36.4 Å². The lowest BCUT2D eigenvalue weighted by atomic mass is 9.89. The van der Waals surface area contributed by atoms with E-state index in [1.807, 2.05) is 17.0 Å². The number of carbonyl (C=O) groups is 2. The number of urea groups is 1. The number of halogens is 3. The Balaban J connectivity index is 0.00000294. The van der Waals surface area contributed by atoms with Crippen LogP contribution in [0.5, 0.6) is 17.2 Å². The molecule has 0 saturated carbocycles. The van der Waals surface area contributed by atoms with E-state index in [0.29, 0.717) is 41.9 Å². The molecule has 2 fully saturated rings. The number of likely N-dealkylation sites (tertiary alicyclic amines) is 2. The summed E-state index contributed by atoms with van der Waals surface area (Å²) >= 11 is 6.03. The standard InChI is InChI=1S/C28H38ClN5O5.2ClH/c1-37-24-13-21(14-25(38-2)27(24)39-3)31-28(36)32-22-15-33(17-26(30)35)16-23(22)34-10-8-19(9-11-34)12-18-4-6-20(29)7-5-18;;/h4-7,13-14,19,22-23H,8-12,15-17H2,1-3H3,(H2,30,35)(H2,31,32,36);2*1H/t22-,23-;;/m0../s1. The summed E-state index contributed by atoms with van der Waals surface area (Å²) in [6.45, 7) is 3.23. The van der Waals surface area contributed by atoms with E-state index in [1.54, 1.807) is 12.1 Å². The van der Waals surface area contributed by atoms with Crippen molar-refractivity contribution in [2.75, 3.05) is 59.4 Å². The van der Waals surface area contributed by atoms with E-state index in [4.69, 9.17) is 31.5 Å². The molecule has 2 aromatic rings. The monoisotopic (exact) mass is 631 g/mol. The van der Waals surface area contributed by atoms with Crippen LogP contribution in [0.1, 0.15) is 18.4 Å². The van der Waals surface area contributed by atoms with E-state index in [2.05, 4.69) is 27.7 Å². The van der Waals surface area contributed by atoms with Gasteiger partial charge in [0.15, 0.2) is 11.5 Å². The first kappa shape index (κ1) is 34.6. The summed E-state index contributed by atoms with van der Waals surface area (Å²) in [7, 11) is 4.57. The molecule has 2 atom stereocenters. The Hall–Kier alpha value is -2.63. The average molecular weight is 633 g/mol. The fraction of sp³-hybridized carbons (Fsp3) is 0.500. The summed E-state index contributed by atoms with van der Waals surface area (Å²) in [5.41, 5.74) is 7.30. The number of benzene rings is 2. The van der Waals surface area contributed by atoms with Gasteiger partial charge in [-0.05, 0) is 56.0 Å². The molecule has 13 heteroatoms. The van der Waals surface area contributed by atoms with Gasteiger partial charge in [-0.15, -0.1) is 24.8 Å². The maximum atomic E-state index is 13.1. The summed E-state index contributed by atoms with van der Waals surface area (Å²) < 4.78 is 16.2. The van der Waals surface area contributed by atoms with Gasteiger partial charge in [-0.25, -0.2) is 4.79 Å². The van der Waals surface area contributed by atoms with Gasteiger partial charge in [0.05, 0.1) is 39.6 Å². The molecule has 0 spiro atoms. The minimum absolute atomic E-state index is 0. The molecule has 228 valence electrons. The summed E-state index contributed by atoms with van der Waals surface area (Å²) in [6.07, 6.45) is 3.17. The fourth-order valence-corrected chi connectivity index (χ4v) is 5.78. The number of anilines is 1. The second kappa shape index (κ2) is 16.1. The first-order chi connectivity index (χ1) is 18.8. The molecule has 10 nitrogen and oxygen atoms in total. The highest BCUT2D eigenvalue weighted by Crippen LogP contribution is 2.40. The Bertz CT molecular complexity index is 1120. The van der Waals surface area contributed by atoms with Crippen LogP contribution in [0.15, 0.2) is 36.4 Å². The summed E-state index contributed by atoms with van der Waals surface area (Å²) in [5.74, 6) is 1.56. The lowest BCUT2D eigenvalue weighted by Gasteiger charge is -2.38. The van der Waals surface area contributed by atoms with E-state index < -0.39 is 0 Å². The Labute approximate surface area is 259 Å². The Morgan fingerprint density at radius 1 is 0.976 bits per heavy atom. The number of carbonyl (C=O) groups excluding carboxylic acids is 2. The molecule has 4 rings (SSSR count). The quantitative estimate of drug-likeness (QED) is 0.365. The molecule has 2 aromatic carbocycles. The zero-order valence-corrected chi connectivity index (χ0v) is 25.9. The van der Waals surface area contributed by atoms with Crippen molar-refractivity contribution in [3.05, 3.63) is 47.0 Å². The second-order valence-electron chi connectivity index (χ2n) is 10.2. The molecule has 4 N–H and O–H groups in total. The number of nitrogens with zero attached hydrogens (tertiary/aromatic N) is 2. The van der Waals surface area contributed by atoms with Crippen LogP contribution < -0.4 is 30.6 Å². The van der Waals surface area contributed by atoms with Gasteiger partial charge in [0.1, 0.15) is 0 Å². The molecule has 2 aliphatic heterocycles.